The number of carbonyl (C=O) groups is 1. The molecule has 192 valence electrons. The minimum Gasteiger partial charge on any atom is -0.325 e. The summed E-state index contributed by atoms with van der Waals surface area (Å²) in [5.74, 6) is -0.682. The van der Waals surface area contributed by atoms with E-state index in [1.165, 1.54) is 30.3 Å². The molecule has 0 fully saturated rings. The molecule has 0 radical (unpaired) electrons. The highest BCUT2D eigenvalue weighted by atomic mass is 79.9. The van der Waals surface area contributed by atoms with Crippen LogP contribution in [0, 0.1) is 0 Å². The van der Waals surface area contributed by atoms with Gasteiger partial charge in [-0.15, -0.1) is 0 Å². The van der Waals surface area contributed by atoms with Gasteiger partial charge in [0.05, 0.1) is 22.4 Å². The van der Waals surface area contributed by atoms with E-state index in [2.05, 4.69) is 26.0 Å². The van der Waals surface area contributed by atoms with Gasteiger partial charge in [-0.3, -0.25) is 13.8 Å². The van der Waals surface area contributed by atoms with Gasteiger partial charge in [0.25, 0.3) is 10.0 Å². The summed E-state index contributed by atoms with van der Waals surface area (Å²) in [5.41, 5.74) is -0.827. The van der Waals surface area contributed by atoms with Gasteiger partial charge in [0.15, 0.2) is 0 Å². The van der Waals surface area contributed by atoms with Crippen LogP contribution in [0.2, 0.25) is 0 Å². The van der Waals surface area contributed by atoms with Gasteiger partial charge < -0.3 is 5.32 Å². The minimum absolute atomic E-state index is 0.181. The van der Waals surface area contributed by atoms with Crippen molar-refractivity contribution in [2.75, 3.05) is 27.1 Å². The van der Waals surface area contributed by atoms with E-state index in [4.69, 9.17) is 0 Å². The molecule has 0 spiro atoms. The second kappa shape index (κ2) is 10.5. The van der Waals surface area contributed by atoms with Crippen LogP contribution in [-0.2, 0) is 31.0 Å². The molecule has 1 amide bonds. The first-order chi connectivity index (χ1) is 16.6. The number of sulfonamides is 2. The first kappa shape index (κ1) is 27.5. The Balaban J connectivity index is 1.72. The monoisotopic (exact) mass is 605 g/mol. The van der Waals surface area contributed by atoms with Crippen molar-refractivity contribution >= 4 is 58.9 Å². The van der Waals surface area contributed by atoms with Crippen molar-refractivity contribution in [1.29, 1.82) is 0 Å². The number of nitrogens with one attached hydrogen (secondary N) is 2. The van der Waals surface area contributed by atoms with Crippen LogP contribution in [0.4, 0.5) is 30.2 Å². The van der Waals surface area contributed by atoms with Gasteiger partial charge in [-0.1, -0.05) is 28.1 Å². The topological polar surface area (TPSA) is 113 Å². The maximum absolute atomic E-state index is 12.9. The lowest BCUT2D eigenvalue weighted by atomic mass is 10.2. The molecule has 8 nitrogen and oxygen atoms in total. The van der Waals surface area contributed by atoms with Gasteiger partial charge >= 0.3 is 6.18 Å². The molecule has 0 atom stereocenters. The Hall–Kier alpha value is -3.10. The number of nitrogens with zero attached hydrogens (tertiary/aromatic N) is 1. The van der Waals surface area contributed by atoms with E-state index in [0.29, 0.717) is 10.5 Å². The highest BCUT2D eigenvalue weighted by Gasteiger charge is 2.30. The highest BCUT2D eigenvalue weighted by Crippen LogP contribution is 2.31. The van der Waals surface area contributed by atoms with E-state index < -0.39 is 44.2 Å². The number of hydrogen-bond donors (Lipinski definition) is 2. The molecule has 0 aliphatic carbocycles. The molecular weight excluding hydrogens is 587 g/mol. The highest BCUT2D eigenvalue weighted by molar-refractivity contribution is 9.10. The Labute approximate surface area is 214 Å². The van der Waals surface area contributed by atoms with Gasteiger partial charge in [-0.05, 0) is 60.7 Å². The summed E-state index contributed by atoms with van der Waals surface area (Å²) in [6.07, 6.45) is -3.68. The molecule has 3 rings (SSSR count). The van der Waals surface area contributed by atoms with Crippen LogP contribution in [0.15, 0.2) is 82.2 Å². The van der Waals surface area contributed by atoms with E-state index in [-0.39, 0.29) is 22.0 Å². The van der Waals surface area contributed by atoms with Crippen LogP contribution < -0.4 is 14.3 Å². The quantitative estimate of drug-likeness (QED) is 0.387. The van der Waals surface area contributed by atoms with Gasteiger partial charge in [-0.2, -0.15) is 13.2 Å². The van der Waals surface area contributed by atoms with Crippen molar-refractivity contribution < 1.29 is 34.8 Å². The van der Waals surface area contributed by atoms with Crippen molar-refractivity contribution in [3.8, 4) is 0 Å². The van der Waals surface area contributed by atoms with Crippen LogP contribution >= 0.6 is 15.9 Å². The summed E-state index contributed by atoms with van der Waals surface area (Å²) in [6.45, 7) is -0.535. The summed E-state index contributed by atoms with van der Waals surface area (Å²) >= 11 is 3.25. The van der Waals surface area contributed by atoms with E-state index in [9.17, 15) is 34.8 Å². The number of alkyl halides is 3. The normalized spacial score (nSPS) is 12.1. The number of amides is 1. The standard InChI is InChI=1S/C22H19BrF3N3O5S2/c1-35(31,32)29(19-7-3-5-16(23)13-19)14-21(30)27-17-8-10-20(11-9-17)36(33,34)28-18-6-2-4-15(12-18)22(24,25)26/h2-13,28H,14H2,1H3,(H,27,30). The average Bonchev–Trinajstić information content (AvgIpc) is 2.76. The molecule has 0 aliphatic heterocycles. The molecule has 14 heteroatoms. The predicted octanol–water partition coefficient (Wildman–Crippen LogP) is 4.67. The molecule has 0 aliphatic rings. The summed E-state index contributed by atoms with van der Waals surface area (Å²) in [4.78, 5) is 12.3. The zero-order valence-electron chi connectivity index (χ0n) is 18.5. The zero-order chi connectivity index (χ0) is 26.7. The Kier molecular flexibility index (Phi) is 8.00. The molecule has 3 aromatic rings. The first-order valence-electron chi connectivity index (χ1n) is 9.98. The smallest absolute Gasteiger partial charge is 0.325 e. The fraction of sp³-hybridized carbons (Fsp3) is 0.136. The van der Waals surface area contributed by atoms with Crippen LogP contribution in [0.1, 0.15) is 5.56 Å². The number of carbonyl (C=O) groups excluding carboxylic acids is 1. The lowest BCUT2D eigenvalue weighted by molar-refractivity contribution is -0.137. The van der Waals surface area contributed by atoms with Gasteiger partial charge in [-0.25, -0.2) is 16.8 Å². The summed E-state index contributed by atoms with van der Waals surface area (Å²) in [6, 6.07) is 14.9. The molecule has 36 heavy (non-hydrogen) atoms. The van der Waals surface area contributed by atoms with E-state index >= 15 is 0 Å². The third-order valence-electron chi connectivity index (χ3n) is 4.67. The van der Waals surface area contributed by atoms with Gasteiger partial charge in [0.1, 0.15) is 6.54 Å². The minimum atomic E-state index is -4.63. The SMILES string of the molecule is CS(=O)(=O)N(CC(=O)Nc1ccc(S(=O)(=O)Nc2cccc(C(F)(F)F)c2)cc1)c1cccc(Br)c1. The predicted molar refractivity (Wildman–Crippen MR) is 134 cm³/mol. The molecule has 0 unspecified atom stereocenters. The van der Waals surface area contributed by atoms with Gasteiger partial charge in [0, 0.05) is 15.8 Å². The van der Waals surface area contributed by atoms with E-state index in [1.54, 1.807) is 12.1 Å². The van der Waals surface area contributed by atoms with Crippen LogP contribution in [-0.4, -0.2) is 35.5 Å². The van der Waals surface area contributed by atoms with Crippen LogP contribution in [0.25, 0.3) is 0 Å². The van der Waals surface area contributed by atoms with Crippen molar-refractivity contribution in [3.63, 3.8) is 0 Å². The number of rotatable bonds is 8. The lowest BCUT2D eigenvalue weighted by Gasteiger charge is -2.22. The number of halogens is 4. The molecule has 2 N–H and O–H groups in total. The molecule has 0 saturated heterocycles. The third kappa shape index (κ3) is 7.21. The van der Waals surface area contributed by atoms with Crippen molar-refractivity contribution in [3.05, 3.63) is 82.8 Å². The molecule has 0 bridgehead atoms. The molecule has 0 aromatic heterocycles. The number of hydrogen-bond acceptors (Lipinski definition) is 5. The first-order valence-corrected chi connectivity index (χ1v) is 14.1. The molecule has 0 saturated carbocycles. The Morgan fingerprint density at radius 2 is 1.56 bits per heavy atom. The second-order valence-corrected chi connectivity index (χ2v) is 12.0. The fourth-order valence-corrected chi connectivity index (χ4v) is 5.34. The Morgan fingerprint density at radius 1 is 0.917 bits per heavy atom. The average molecular weight is 606 g/mol. The Morgan fingerprint density at radius 3 is 2.14 bits per heavy atom. The number of anilines is 3. The molecule has 3 aromatic carbocycles. The van der Waals surface area contributed by atoms with Crippen LogP contribution in [0.5, 0.6) is 0 Å². The molecular formula is C22H19BrF3N3O5S2. The Bertz CT molecular complexity index is 1480. The van der Waals surface area contributed by atoms with E-state index in [1.807, 2.05) is 0 Å². The third-order valence-corrected chi connectivity index (χ3v) is 7.71. The summed E-state index contributed by atoms with van der Waals surface area (Å²) < 4.78 is 91.8. The van der Waals surface area contributed by atoms with Crippen molar-refractivity contribution in [2.45, 2.75) is 11.1 Å². The summed E-state index contributed by atoms with van der Waals surface area (Å²) in [7, 11) is -8.02. The zero-order valence-corrected chi connectivity index (χ0v) is 21.7. The van der Waals surface area contributed by atoms with Crippen molar-refractivity contribution in [2.24, 2.45) is 0 Å². The number of benzene rings is 3. The van der Waals surface area contributed by atoms with E-state index in [0.717, 1.165) is 34.8 Å². The van der Waals surface area contributed by atoms with Crippen molar-refractivity contribution in [1.82, 2.24) is 0 Å². The largest absolute Gasteiger partial charge is 0.416 e. The maximum atomic E-state index is 12.9. The maximum Gasteiger partial charge on any atom is 0.416 e. The lowest BCUT2D eigenvalue weighted by Crippen LogP contribution is -2.37. The van der Waals surface area contributed by atoms with Gasteiger partial charge in [0.2, 0.25) is 15.9 Å². The summed E-state index contributed by atoms with van der Waals surface area (Å²) in [5, 5.41) is 2.48. The fourth-order valence-electron chi connectivity index (χ4n) is 3.05. The molecule has 0 heterocycles. The van der Waals surface area contributed by atoms with Crippen LogP contribution in [0.3, 0.4) is 0 Å². The second-order valence-electron chi connectivity index (χ2n) is 7.51.